The minimum Gasteiger partial charge on any atom is -0.390 e. The number of benzene rings is 3. The Labute approximate surface area is 359 Å². The summed E-state index contributed by atoms with van der Waals surface area (Å²) in [6.45, 7) is 8.93. The van der Waals surface area contributed by atoms with E-state index in [1.807, 2.05) is 18.2 Å². The molecule has 0 amide bonds. The van der Waals surface area contributed by atoms with Crippen LogP contribution in [0.25, 0.3) is 39.2 Å². The Bertz CT molecular complexity index is 2680. The molecule has 8 heterocycles. The summed E-state index contributed by atoms with van der Waals surface area (Å²) in [5.74, 6) is 3.82. The molecule has 5 unspecified atom stereocenters. The van der Waals surface area contributed by atoms with Crippen LogP contribution in [0, 0.1) is 0 Å². The van der Waals surface area contributed by atoms with Gasteiger partial charge in [-0.05, 0) is 55.3 Å². The first-order valence-electron chi connectivity index (χ1n) is 22.2. The van der Waals surface area contributed by atoms with E-state index in [0.717, 1.165) is 128 Å². The number of rotatable bonds is 20. The van der Waals surface area contributed by atoms with Gasteiger partial charge in [-0.25, -0.2) is 19.9 Å². The molecule has 4 aliphatic heterocycles. The average Bonchev–Trinajstić information content (AvgIpc) is 4.08. The molecule has 0 saturated carbocycles. The molecule has 1 N–H and O–H groups in total. The number of hydrogen-bond acceptors (Lipinski definition) is 11. The first-order chi connectivity index (χ1) is 30.5. The van der Waals surface area contributed by atoms with Crippen molar-refractivity contribution in [1.82, 2.24) is 48.0 Å². The van der Waals surface area contributed by atoms with E-state index in [1.165, 1.54) is 5.69 Å². The highest BCUT2D eigenvalue weighted by atomic mass is 16.6. The maximum atomic E-state index is 12.5. The highest BCUT2D eigenvalue weighted by Crippen LogP contribution is 2.28. The molecular weight excluding hydrogens is 785 g/mol. The van der Waals surface area contributed by atoms with Crippen LogP contribution in [0.5, 0.6) is 0 Å². The summed E-state index contributed by atoms with van der Waals surface area (Å²) in [5.41, 5.74) is 8.45. The van der Waals surface area contributed by atoms with Crippen LogP contribution in [0.15, 0.2) is 78.9 Å². The second-order valence-electron chi connectivity index (χ2n) is 17.6. The van der Waals surface area contributed by atoms with E-state index in [9.17, 15) is 5.11 Å². The second-order valence-corrected chi connectivity index (χ2v) is 17.6. The van der Waals surface area contributed by atoms with Crippen molar-refractivity contribution in [1.29, 1.82) is 0 Å². The summed E-state index contributed by atoms with van der Waals surface area (Å²) in [7, 11) is 0. The first kappa shape index (κ1) is 38.4. The molecule has 0 spiro atoms. The Balaban J connectivity index is 0.887. The topological polar surface area (TPSA) is 148 Å². The average molecular weight is 837 g/mol. The lowest BCUT2D eigenvalue weighted by Crippen LogP contribution is -2.41. The van der Waals surface area contributed by atoms with Crippen LogP contribution in [0.4, 0.5) is 0 Å². The number of imidazole rings is 4. The molecule has 320 valence electrons. The molecule has 4 fully saturated rings. The summed E-state index contributed by atoms with van der Waals surface area (Å²) in [6, 6.07) is 25.0. The Hall–Kier alpha value is -5.26. The van der Waals surface area contributed by atoms with Crippen molar-refractivity contribution in [2.45, 2.75) is 95.7 Å². The summed E-state index contributed by atoms with van der Waals surface area (Å²) < 4.78 is 32.2. The monoisotopic (exact) mass is 836 g/mol. The SMILES string of the molecule is OC(CN(Cc1nc2c(n1CC1CO1)CCC=C2)Cc1nc2ccccc2n1CC1CO1)CN(Cc1nc2ccccc2n1CC1CO1)Cc1nc2ccccc2n1CC1CO1. The Morgan fingerprint density at radius 3 is 1.31 bits per heavy atom. The largest absolute Gasteiger partial charge is 0.390 e. The molecule has 62 heavy (non-hydrogen) atoms. The molecule has 0 radical (unpaired) electrons. The number of epoxide rings is 4. The minimum atomic E-state index is -0.738. The predicted molar refractivity (Wildman–Crippen MR) is 232 cm³/mol. The van der Waals surface area contributed by atoms with E-state index in [2.05, 4.69) is 94.8 Å². The van der Waals surface area contributed by atoms with E-state index < -0.39 is 6.10 Å². The van der Waals surface area contributed by atoms with Gasteiger partial charge in [-0.1, -0.05) is 42.5 Å². The van der Waals surface area contributed by atoms with E-state index in [4.69, 9.17) is 38.9 Å². The molecule has 7 aromatic rings. The van der Waals surface area contributed by atoms with Gasteiger partial charge in [-0.15, -0.1) is 0 Å². The number of ether oxygens (including phenoxy) is 4. The number of fused-ring (bicyclic) bond motifs is 4. The van der Waals surface area contributed by atoms with Crippen LogP contribution in [-0.2, 0) is 77.7 Å². The zero-order valence-corrected chi connectivity index (χ0v) is 34.8. The van der Waals surface area contributed by atoms with Crippen LogP contribution >= 0.6 is 0 Å². The molecule has 1 aliphatic carbocycles. The maximum Gasteiger partial charge on any atom is 0.124 e. The predicted octanol–water partition coefficient (Wildman–Crippen LogP) is 4.55. The van der Waals surface area contributed by atoms with E-state index >= 15 is 0 Å². The maximum absolute atomic E-state index is 12.5. The van der Waals surface area contributed by atoms with Crippen molar-refractivity contribution >= 4 is 39.2 Å². The number of allylic oxidation sites excluding steroid dienone is 1. The van der Waals surface area contributed by atoms with E-state index in [-0.39, 0.29) is 24.4 Å². The van der Waals surface area contributed by atoms with Crippen LogP contribution in [-0.4, -0.2) is 123 Å². The van der Waals surface area contributed by atoms with Crippen molar-refractivity contribution < 1.29 is 24.1 Å². The van der Waals surface area contributed by atoms with Crippen LogP contribution < -0.4 is 0 Å². The van der Waals surface area contributed by atoms with Crippen molar-refractivity contribution in [2.75, 3.05) is 39.5 Å². The summed E-state index contributed by atoms with van der Waals surface area (Å²) >= 11 is 0. The lowest BCUT2D eigenvalue weighted by Gasteiger charge is -2.29. The number of nitrogens with zero attached hydrogens (tertiary/aromatic N) is 10. The zero-order valence-electron chi connectivity index (χ0n) is 34.8. The molecule has 3 aromatic carbocycles. The standard InChI is InChI=1S/C47H52N10O5/c58-31(17-52(23-44-48-36-9-1-5-13-40(36)54(44)19-32-27-59-32)24-45-49-37-10-2-6-14-41(37)55(45)20-33-28-60-33)18-53(25-46-50-38-11-3-7-15-42(38)56(46)21-34-29-61-34)26-47-51-39-12-4-8-16-43(39)57(47)22-35-30-62-35/h1-7,9-15,31-35,58H,8,16-30H2. The first-order valence-corrected chi connectivity index (χ1v) is 22.2. The number of aromatic nitrogens is 8. The van der Waals surface area contributed by atoms with Crippen molar-refractivity contribution in [3.8, 4) is 0 Å². The van der Waals surface area contributed by atoms with Gasteiger partial charge < -0.3 is 42.3 Å². The van der Waals surface area contributed by atoms with Crippen molar-refractivity contribution in [2.24, 2.45) is 0 Å². The number of para-hydroxylation sites is 6. The van der Waals surface area contributed by atoms with Crippen LogP contribution in [0.1, 0.15) is 41.1 Å². The molecule has 0 bridgehead atoms. The molecule has 4 saturated heterocycles. The van der Waals surface area contributed by atoms with Gasteiger partial charge in [0, 0.05) is 18.8 Å². The van der Waals surface area contributed by atoms with Gasteiger partial charge in [0.15, 0.2) is 0 Å². The molecule has 15 nitrogen and oxygen atoms in total. The fourth-order valence-electron chi connectivity index (χ4n) is 9.39. The van der Waals surface area contributed by atoms with Crippen LogP contribution in [0.2, 0.25) is 0 Å². The van der Waals surface area contributed by atoms with Gasteiger partial charge in [0.05, 0.1) is 148 Å². The summed E-state index contributed by atoms with van der Waals surface area (Å²) in [5, 5.41) is 12.5. The molecule has 5 aliphatic rings. The van der Waals surface area contributed by atoms with Gasteiger partial charge in [-0.3, -0.25) is 9.80 Å². The molecule has 4 aromatic heterocycles. The van der Waals surface area contributed by atoms with Gasteiger partial charge in [0.1, 0.15) is 23.3 Å². The third kappa shape index (κ3) is 8.21. The lowest BCUT2D eigenvalue weighted by molar-refractivity contribution is 0.0581. The van der Waals surface area contributed by atoms with E-state index in [1.54, 1.807) is 0 Å². The highest BCUT2D eigenvalue weighted by molar-refractivity contribution is 5.77. The third-order valence-corrected chi connectivity index (χ3v) is 12.8. The molecular formula is C47H52N10O5. The summed E-state index contributed by atoms with van der Waals surface area (Å²) in [4.78, 5) is 25.4. The fraction of sp³-hybridized carbons (Fsp3) is 0.447. The highest BCUT2D eigenvalue weighted by Gasteiger charge is 2.32. The number of aliphatic hydroxyl groups excluding tert-OH is 1. The zero-order chi connectivity index (χ0) is 41.1. The minimum absolute atomic E-state index is 0.178. The fourth-order valence-corrected chi connectivity index (χ4v) is 9.39. The van der Waals surface area contributed by atoms with Gasteiger partial charge >= 0.3 is 0 Å². The van der Waals surface area contributed by atoms with Gasteiger partial charge in [-0.2, -0.15) is 0 Å². The van der Waals surface area contributed by atoms with E-state index in [0.29, 0.717) is 39.3 Å². The van der Waals surface area contributed by atoms with Crippen LogP contribution in [0.3, 0.4) is 0 Å². The third-order valence-electron chi connectivity index (χ3n) is 12.8. The lowest BCUT2D eigenvalue weighted by atomic mass is 10.1. The van der Waals surface area contributed by atoms with Gasteiger partial charge in [0.2, 0.25) is 0 Å². The molecule has 12 rings (SSSR count). The smallest absolute Gasteiger partial charge is 0.124 e. The Morgan fingerprint density at radius 2 is 0.903 bits per heavy atom. The van der Waals surface area contributed by atoms with Crippen molar-refractivity contribution in [3.63, 3.8) is 0 Å². The summed E-state index contributed by atoms with van der Waals surface area (Å²) in [6.07, 6.45) is 6.33. The Morgan fingerprint density at radius 1 is 0.532 bits per heavy atom. The quantitative estimate of drug-likeness (QED) is 0.108. The normalized spacial score (nSPS) is 21.8. The molecule has 5 atom stereocenters. The van der Waals surface area contributed by atoms with Crippen molar-refractivity contribution in [3.05, 3.63) is 114 Å². The second kappa shape index (κ2) is 16.1. The Kier molecular flexibility index (Phi) is 10.00. The van der Waals surface area contributed by atoms with Gasteiger partial charge in [0.25, 0.3) is 0 Å². The number of aliphatic hydroxyl groups is 1. The molecule has 15 heteroatoms. The number of hydrogen-bond donors (Lipinski definition) is 1.